The largest absolute Gasteiger partial charge is 0.264 e. The Morgan fingerprint density at radius 3 is 2.21 bits per heavy atom. The average molecular weight is 196 g/mol. The number of halogens is 3. The van der Waals surface area contributed by atoms with Crippen LogP contribution in [0.4, 0.5) is 13.2 Å². The van der Waals surface area contributed by atoms with Gasteiger partial charge in [0.25, 0.3) is 6.43 Å². The normalized spacial score (nSPS) is 11.1. The summed E-state index contributed by atoms with van der Waals surface area (Å²) in [5, 5.41) is 0.521. The second-order valence-electron chi connectivity index (χ2n) is 2.99. The molecule has 0 spiro atoms. The number of alkyl halides is 2. The van der Waals surface area contributed by atoms with E-state index in [2.05, 4.69) is 0 Å². The monoisotopic (exact) mass is 196 g/mol. The summed E-state index contributed by atoms with van der Waals surface area (Å²) in [6.07, 6.45) is -2.64. The molecule has 0 saturated heterocycles. The molecule has 0 aliphatic heterocycles. The molecule has 0 amide bonds. The summed E-state index contributed by atoms with van der Waals surface area (Å²) >= 11 is 0. The molecule has 72 valence electrons. The number of benzene rings is 2. The van der Waals surface area contributed by atoms with Crippen molar-refractivity contribution >= 4 is 10.8 Å². The highest BCUT2D eigenvalue weighted by Gasteiger charge is 2.13. The van der Waals surface area contributed by atoms with Gasteiger partial charge in [0.2, 0.25) is 0 Å². The molecule has 0 aliphatic rings. The van der Waals surface area contributed by atoms with Crippen LogP contribution in [0.25, 0.3) is 10.8 Å². The molecule has 3 heteroatoms. The average Bonchev–Trinajstić information content (AvgIpc) is 2.17. The molecule has 0 N–H and O–H groups in total. The third-order valence-electron chi connectivity index (χ3n) is 2.12. The van der Waals surface area contributed by atoms with Crippen molar-refractivity contribution in [3.05, 3.63) is 47.8 Å². The van der Waals surface area contributed by atoms with Crippen molar-refractivity contribution in [2.45, 2.75) is 6.43 Å². The first-order valence-electron chi connectivity index (χ1n) is 4.15. The lowest BCUT2D eigenvalue weighted by molar-refractivity contribution is 0.153. The van der Waals surface area contributed by atoms with Gasteiger partial charge < -0.3 is 0 Å². The van der Waals surface area contributed by atoms with Gasteiger partial charge in [0.1, 0.15) is 5.82 Å². The van der Waals surface area contributed by atoms with E-state index >= 15 is 0 Å². The summed E-state index contributed by atoms with van der Waals surface area (Å²) in [4.78, 5) is 0. The molecular formula is C11H7F3. The van der Waals surface area contributed by atoms with Gasteiger partial charge >= 0.3 is 0 Å². The molecule has 0 aliphatic carbocycles. The fraction of sp³-hybridized carbons (Fsp3) is 0.0909. The van der Waals surface area contributed by atoms with Crippen LogP contribution in [0.15, 0.2) is 36.4 Å². The lowest BCUT2D eigenvalue weighted by Gasteiger charge is -2.05. The summed E-state index contributed by atoms with van der Waals surface area (Å²) < 4.78 is 38.3. The Hall–Kier alpha value is -1.51. The molecule has 0 heterocycles. The van der Waals surface area contributed by atoms with Gasteiger partial charge in [-0.1, -0.05) is 30.3 Å². The molecule has 0 radical (unpaired) electrons. The lowest BCUT2D eigenvalue weighted by Crippen LogP contribution is -1.89. The predicted octanol–water partition coefficient (Wildman–Crippen LogP) is 3.92. The fourth-order valence-corrected chi connectivity index (χ4v) is 1.50. The Labute approximate surface area is 79.0 Å². The maximum absolute atomic E-state index is 13.3. The number of hydrogen-bond acceptors (Lipinski definition) is 0. The zero-order chi connectivity index (χ0) is 10.1. The van der Waals surface area contributed by atoms with Crippen LogP contribution in [0.2, 0.25) is 0 Å². The minimum absolute atomic E-state index is 0.0185. The highest BCUT2D eigenvalue weighted by molar-refractivity contribution is 5.86. The van der Waals surface area contributed by atoms with E-state index in [-0.39, 0.29) is 10.9 Å². The predicted molar refractivity (Wildman–Crippen MR) is 48.9 cm³/mol. The van der Waals surface area contributed by atoms with Gasteiger partial charge in [0.05, 0.1) is 0 Å². The van der Waals surface area contributed by atoms with Crippen LogP contribution in [0.3, 0.4) is 0 Å². The number of fused-ring (bicyclic) bond motifs is 1. The van der Waals surface area contributed by atoms with Gasteiger partial charge in [-0.3, -0.25) is 0 Å². The third kappa shape index (κ3) is 1.35. The van der Waals surface area contributed by atoms with E-state index in [0.717, 1.165) is 0 Å². The van der Waals surface area contributed by atoms with Gasteiger partial charge in [-0.25, -0.2) is 13.2 Å². The van der Waals surface area contributed by atoms with Gasteiger partial charge in [-0.2, -0.15) is 0 Å². The first-order chi connectivity index (χ1) is 6.70. The Bertz CT molecular complexity index is 458. The first-order valence-corrected chi connectivity index (χ1v) is 4.15. The van der Waals surface area contributed by atoms with E-state index < -0.39 is 12.2 Å². The second-order valence-corrected chi connectivity index (χ2v) is 2.99. The van der Waals surface area contributed by atoms with Crippen molar-refractivity contribution in [2.24, 2.45) is 0 Å². The Kier molecular flexibility index (Phi) is 2.15. The van der Waals surface area contributed by atoms with Crippen LogP contribution >= 0.6 is 0 Å². The summed E-state index contributed by atoms with van der Waals surface area (Å²) in [6, 6.07) is 8.68. The Morgan fingerprint density at radius 1 is 0.929 bits per heavy atom. The van der Waals surface area contributed by atoms with Crippen LogP contribution in [-0.2, 0) is 0 Å². The van der Waals surface area contributed by atoms with E-state index in [1.807, 2.05) is 0 Å². The summed E-state index contributed by atoms with van der Waals surface area (Å²) in [7, 11) is 0. The standard InChI is InChI=1S/C11H7F3/c12-9-6-2-4-7-3-1-5-8(10(7)9)11(13)14/h1-6,11H. The van der Waals surface area contributed by atoms with E-state index in [1.165, 1.54) is 24.3 Å². The molecule has 2 rings (SSSR count). The molecule has 0 fully saturated rings. The lowest BCUT2D eigenvalue weighted by atomic mass is 10.0. The molecule has 0 nitrogen and oxygen atoms in total. The van der Waals surface area contributed by atoms with E-state index in [4.69, 9.17) is 0 Å². The third-order valence-corrected chi connectivity index (χ3v) is 2.12. The zero-order valence-corrected chi connectivity index (χ0v) is 7.18. The first kappa shape index (κ1) is 9.06. The maximum atomic E-state index is 13.3. The summed E-state index contributed by atoms with van der Waals surface area (Å²) in [6.45, 7) is 0. The number of rotatable bonds is 1. The van der Waals surface area contributed by atoms with Crippen LogP contribution < -0.4 is 0 Å². The molecule has 0 unspecified atom stereocenters. The van der Waals surface area contributed by atoms with Crippen LogP contribution in [0.1, 0.15) is 12.0 Å². The van der Waals surface area contributed by atoms with Gasteiger partial charge in [0.15, 0.2) is 0 Å². The minimum Gasteiger partial charge on any atom is -0.206 e. The molecular weight excluding hydrogens is 189 g/mol. The van der Waals surface area contributed by atoms with Crippen LogP contribution in [0, 0.1) is 5.82 Å². The Morgan fingerprint density at radius 2 is 1.57 bits per heavy atom. The van der Waals surface area contributed by atoms with Crippen LogP contribution in [0.5, 0.6) is 0 Å². The van der Waals surface area contributed by atoms with Crippen molar-refractivity contribution in [1.82, 2.24) is 0 Å². The van der Waals surface area contributed by atoms with Crippen molar-refractivity contribution in [1.29, 1.82) is 0 Å². The van der Waals surface area contributed by atoms with E-state index in [1.54, 1.807) is 12.1 Å². The zero-order valence-electron chi connectivity index (χ0n) is 7.18. The summed E-state index contributed by atoms with van der Waals surface area (Å²) in [5.41, 5.74) is -0.249. The number of hydrogen-bond donors (Lipinski definition) is 0. The molecule has 14 heavy (non-hydrogen) atoms. The SMILES string of the molecule is Fc1cccc2cccc(C(F)F)c12. The summed E-state index contributed by atoms with van der Waals surface area (Å²) in [5.74, 6) is -0.599. The van der Waals surface area contributed by atoms with E-state index in [0.29, 0.717) is 5.39 Å². The smallest absolute Gasteiger partial charge is 0.206 e. The highest BCUT2D eigenvalue weighted by atomic mass is 19.3. The van der Waals surface area contributed by atoms with Gasteiger partial charge in [0, 0.05) is 10.9 Å². The molecule has 2 aromatic carbocycles. The van der Waals surface area contributed by atoms with Gasteiger partial charge in [-0.05, 0) is 11.5 Å². The van der Waals surface area contributed by atoms with E-state index in [9.17, 15) is 13.2 Å². The van der Waals surface area contributed by atoms with Gasteiger partial charge in [-0.15, -0.1) is 0 Å². The minimum atomic E-state index is -2.64. The topological polar surface area (TPSA) is 0 Å². The second kappa shape index (κ2) is 3.33. The highest BCUT2D eigenvalue weighted by Crippen LogP contribution is 2.29. The van der Waals surface area contributed by atoms with Crippen molar-refractivity contribution in [2.75, 3.05) is 0 Å². The molecule has 0 saturated carbocycles. The molecule has 0 atom stereocenters. The fourth-order valence-electron chi connectivity index (χ4n) is 1.50. The van der Waals surface area contributed by atoms with Crippen LogP contribution in [-0.4, -0.2) is 0 Å². The molecule has 0 bridgehead atoms. The maximum Gasteiger partial charge on any atom is 0.264 e. The quantitative estimate of drug-likeness (QED) is 0.648. The van der Waals surface area contributed by atoms with Crippen molar-refractivity contribution < 1.29 is 13.2 Å². The van der Waals surface area contributed by atoms with Crippen molar-refractivity contribution in [3.63, 3.8) is 0 Å². The molecule has 2 aromatic rings. The van der Waals surface area contributed by atoms with Crippen molar-refractivity contribution in [3.8, 4) is 0 Å². The Balaban J connectivity index is 2.84. The molecule has 0 aromatic heterocycles.